The van der Waals surface area contributed by atoms with Gasteiger partial charge in [-0.2, -0.15) is 0 Å². The first-order chi connectivity index (χ1) is 25.3. The van der Waals surface area contributed by atoms with E-state index in [2.05, 4.69) is 173 Å². The van der Waals surface area contributed by atoms with Gasteiger partial charge in [0.05, 0.1) is 5.71 Å². The largest absolute Gasteiger partial charge is 0.455 e. The lowest BCUT2D eigenvalue weighted by Gasteiger charge is -2.26. The lowest BCUT2D eigenvalue weighted by Crippen LogP contribution is -2.16. The highest BCUT2D eigenvalue weighted by Crippen LogP contribution is 2.56. The molecule has 0 spiro atoms. The second-order valence-electron chi connectivity index (χ2n) is 15.8. The van der Waals surface area contributed by atoms with E-state index in [1.165, 1.54) is 72.3 Å². The molecule has 2 aliphatic carbocycles. The molecular formula is C50H37NO. The van der Waals surface area contributed by atoms with Crippen molar-refractivity contribution >= 4 is 27.7 Å². The van der Waals surface area contributed by atoms with Crippen LogP contribution in [-0.2, 0) is 10.8 Å². The van der Waals surface area contributed by atoms with Gasteiger partial charge >= 0.3 is 0 Å². The molecule has 7 aromatic carbocycles. The number of furan rings is 1. The first-order valence-electron chi connectivity index (χ1n) is 18.4. The van der Waals surface area contributed by atoms with Gasteiger partial charge in [-0.05, 0) is 90.5 Å². The van der Waals surface area contributed by atoms with Crippen molar-refractivity contribution in [1.82, 2.24) is 0 Å². The van der Waals surface area contributed by atoms with Crippen LogP contribution in [0.15, 0.2) is 155 Å². The highest BCUT2D eigenvalue weighted by molar-refractivity contribution is 6.19. The maximum Gasteiger partial charge on any atom is 0.143 e. The Morgan fingerprint density at radius 2 is 1.02 bits per heavy atom. The molecule has 0 amide bonds. The zero-order chi connectivity index (χ0) is 34.9. The molecule has 0 fully saturated rings. The normalized spacial score (nSPS) is 17.1. The lowest BCUT2D eigenvalue weighted by molar-refractivity contribution is 0.659. The third-order valence-electron chi connectivity index (χ3n) is 12.2. The van der Waals surface area contributed by atoms with E-state index in [0.717, 1.165) is 33.2 Å². The number of aliphatic imine (C=N–C) groups is 1. The predicted octanol–water partition coefficient (Wildman–Crippen LogP) is 13.1. The van der Waals surface area contributed by atoms with Crippen LogP contribution in [0.4, 0.5) is 0 Å². The molecule has 0 N–H and O–H groups in total. The topological polar surface area (TPSA) is 25.5 Å². The summed E-state index contributed by atoms with van der Waals surface area (Å²) in [6, 6.07) is 53.4. The van der Waals surface area contributed by atoms with Crippen molar-refractivity contribution in [2.24, 2.45) is 4.99 Å². The van der Waals surface area contributed by atoms with Crippen molar-refractivity contribution in [2.75, 3.05) is 0 Å². The van der Waals surface area contributed by atoms with Crippen molar-refractivity contribution in [1.29, 1.82) is 0 Å². The van der Waals surface area contributed by atoms with Crippen LogP contribution in [0, 0.1) is 0 Å². The molecule has 2 nitrogen and oxygen atoms in total. The van der Waals surface area contributed by atoms with Crippen LogP contribution in [0.3, 0.4) is 0 Å². The fourth-order valence-electron chi connectivity index (χ4n) is 9.86. The Labute approximate surface area is 304 Å². The first kappa shape index (κ1) is 29.7. The van der Waals surface area contributed by atoms with E-state index < -0.39 is 0 Å². The minimum atomic E-state index is -0.175. The van der Waals surface area contributed by atoms with Gasteiger partial charge in [0, 0.05) is 27.2 Å². The fraction of sp³-hybridized carbons (Fsp3) is 0.140. The van der Waals surface area contributed by atoms with Gasteiger partial charge in [0.25, 0.3) is 0 Å². The summed E-state index contributed by atoms with van der Waals surface area (Å²) in [4.78, 5) is 5.05. The maximum atomic E-state index is 7.03. The number of hydrogen-bond acceptors (Lipinski definition) is 2. The third-order valence-corrected chi connectivity index (χ3v) is 12.2. The zero-order valence-corrected chi connectivity index (χ0v) is 29.8. The van der Waals surface area contributed by atoms with E-state index in [1.807, 2.05) is 0 Å². The Morgan fingerprint density at radius 1 is 0.481 bits per heavy atom. The van der Waals surface area contributed by atoms with Crippen molar-refractivity contribution < 1.29 is 4.42 Å². The average Bonchev–Trinajstić information content (AvgIpc) is 3.76. The van der Waals surface area contributed by atoms with Crippen LogP contribution in [0.2, 0.25) is 0 Å². The number of nitrogens with zero attached hydrogens (tertiary/aromatic N) is 1. The molecule has 1 aliphatic heterocycles. The lowest BCUT2D eigenvalue weighted by atomic mass is 9.77. The summed E-state index contributed by atoms with van der Waals surface area (Å²) in [5.41, 5.74) is 20.7. The Kier molecular flexibility index (Phi) is 5.88. The molecule has 1 atom stereocenters. The molecule has 3 aliphatic rings. The Morgan fingerprint density at radius 3 is 1.69 bits per heavy atom. The highest BCUT2D eigenvalue weighted by Gasteiger charge is 2.40. The minimum Gasteiger partial charge on any atom is -0.455 e. The molecular weight excluding hydrogens is 631 g/mol. The van der Waals surface area contributed by atoms with Crippen molar-refractivity contribution in [3.05, 3.63) is 179 Å². The van der Waals surface area contributed by atoms with Crippen LogP contribution in [0.1, 0.15) is 67.1 Å². The fourth-order valence-corrected chi connectivity index (χ4v) is 9.86. The van der Waals surface area contributed by atoms with E-state index in [-0.39, 0.29) is 16.9 Å². The van der Waals surface area contributed by atoms with Gasteiger partial charge in [0.15, 0.2) is 0 Å². The molecule has 0 radical (unpaired) electrons. The highest BCUT2D eigenvalue weighted by atomic mass is 16.3. The Hall–Kier alpha value is -5.99. The van der Waals surface area contributed by atoms with Crippen molar-refractivity contribution in [3.63, 3.8) is 0 Å². The summed E-state index contributed by atoms with van der Waals surface area (Å²) in [6.07, 6.45) is 0. The monoisotopic (exact) mass is 667 g/mol. The zero-order valence-electron chi connectivity index (χ0n) is 29.8. The molecule has 0 saturated carbocycles. The molecule has 248 valence electrons. The summed E-state index contributed by atoms with van der Waals surface area (Å²) in [5.74, 6) is 0. The molecule has 0 bridgehead atoms. The third kappa shape index (κ3) is 3.93. The summed E-state index contributed by atoms with van der Waals surface area (Å²) in [7, 11) is 0. The molecule has 11 rings (SSSR count). The number of fused-ring (bicyclic) bond motifs is 9. The molecule has 2 heteroatoms. The average molecular weight is 668 g/mol. The van der Waals surface area contributed by atoms with Crippen LogP contribution in [0.5, 0.6) is 0 Å². The second kappa shape index (κ2) is 10.3. The van der Waals surface area contributed by atoms with Crippen LogP contribution < -0.4 is 0 Å². The van der Waals surface area contributed by atoms with E-state index in [4.69, 9.17) is 9.41 Å². The van der Waals surface area contributed by atoms with Gasteiger partial charge in [-0.3, -0.25) is 4.99 Å². The van der Waals surface area contributed by atoms with Gasteiger partial charge in [0.1, 0.15) is 17.2 Å². The maximum absolute atomic E-state index is 7.03. The number of benzene rings is 7. The van der Waals surface area contributed by atoms with Gasteiger partial charge in [0.2, 0.25) is 0 Å². The van der Waals surface area contributed by atoms with Gasteiger partial charge in [-0.25, -0.2) is 0 Å². The van der Waals surface area contributed by atoms with Crippen molar-refractivity contribution in [2.45, 2.75) is 44.6 Å². The predicted molar refractivity (Wildman–Crippen MR) is 215 cm³/mol. The number of rotatable bonds is 4. The standard InChI is InChI=1S/C50H37NO/c1-49(2)40-24-10-8-17-32(40)34-20-12-19-31(44(34)49)30-27-38(36-22-13-21-35-33-18-9-11-25-41(33)50(3,4)45(35)36)48-39(28-30)43-37(23-14-26-42(43)52-48)47-46(51-47)29-15-6-5-7-16-29/h5-28,47H,1-4H3. The Balaban J connectivity index is 1.21. The molecule has 8 aromatic rings. The van der Waals surface area contributed by atoms with E-state index in [9.17, 15) is 0 Å². The van der Waals surface area contributed by atoms with Crippen LogP contribution >= 0.6 is 0 Å². The summed E-state index contributed by atoms with van der Waals surface area (Å²) >= 11 is 0. The van der Waals surface area contributed by atoms with E-state index in [1.54, 1.807) is 0 Å². The summed E-state index contributed by atoms with van der Waals surface area (Å²) < 4.78 is 7.03. The van der Waals surface area contributed by atoms with Gasteiger partial charge < -0.3 is 4.42 Å². The smallest absolute Gasteiger partial charge is 0.143 e. The molecule has 1 unspecified atom stereocenters. The first-order valence-corrected chi connectivity index (χ1v) is 18.4. The SMILES string of the molecule is CC1(C)c2ccccc2-c2cccc(-c3cc(-c4cccc5c4C(C)(C)c4ccccc4-5)c4oc5cccc(C6N=C6c6ccccc6)c5c4c3)c21. The van der Waals surface area contributed by atoms with Crippen LogP contribution in [0.25, 0.3) is 66.4 Å². The van der Waals surface area contributed by atoms with E-state index >= 15 is 0 Å². The Bertz CT molecular complexity index is 2850. The van der Waals surface area contributed by atoms with Gasteiger partial charge in [-0.15, -0.1) is 0 Å². The molecule has 2 heterocycles. The molecule has 0 saturated heterocycles. The quantitative estimate of drug-likeness (QED) is 0.183. The summed E-state index contributed by atoms with van der Waals surface area (Å²) in [6.45, 7) is 9.51. The molecule has 1 aromatic heterocycles. The van der Waals surface area contributed by atoms with Gasteiger partial charge in [-0.1, -0.05) is 155 Å². The van der Waals surface area contributed by atoms with E-state index in [0.29, 0.717) is 0 Å². The second-order valence-corrected chi connectivity index (χ2v) is 15.8. The minimum absolute atomic E-state index is 0.0165. The molecule has 52 heavy (non-hydrogen) atoms. The number of hydrogen-bond donors (Lipinski definition) is 0. The van der Waals surface area contributed by atoms with Crippen molar-refractivity contribution in [3.8, 4) is 44.5 Å². The van der Waals surface area contributed by atoms with Crippen LogP contribution in [-0.4, -0.2) is 5.71 Å². The summed E-state index contributed by atoms with van der Waals surface area (Å²) in [5, 5.41) is 2.30.